The first-order valence-electron chi connectivity index (χ1n) is 9.07. The molecule has 0 aliphatic carbocycles. The summed E-state index contributed by atoms with van der Waals surface area (Å²) < 4.78 is 7.02. The van der Waals surface area contributed by atoms with Crippen LogP contribution in [0.4, 0.5) is 0 Å². The molecular formula is C19H26N4O3. The third kappa shape index (κ3) is 3.98. The molecule has 1 N–H and O–H groups in total. The monoisotopic (exact) mass is 358 g/mol. The lowest BCUT2D eigenvalue weighted by Crippen LogP contribution is -2.46. The summed E-state index contributed by atoms with van der Waals surface area (Å²) in [5, 5.41) is 7.49. The average Bonchev–Trinajstić information content (AvgIpc) is 3.23. The number of piperidine rings is 1. The Kier molecular flexibility index (Phi) is 5.44. The van der Waals surface area contributed by atoms with Crippen molar-refractivity contribution in [2.24, 2.45) is 7.05 Å². The lowest BCUT2D eigenvalue weighted by Gasteiger charge is -2.31. The number of carbonyl (C=O) groups is 2. The highest BCUT2D eigenvalue weighted by molar-refractivity contribution is 5.91. The van der Waals surface area contributed by atoms with E-state index in [1.165, 1.54) is 6.26 Å². The van der Waals surface area contributed by atoms with Crippen LogP contribution < -0.4 is 5.32 Å². The highest BCUT2D eigenvalue weighted by Crippen LogP contribution is 2.16. The minimum absolute atomic E-state index is 0.0588. The predicted octanol–water partition coefficient (Wildman–Crippen LogP) is 1.98. The molecule has 140 valence electrons. The third-order valence-electron chi connectivity index (χ3n) is 5.14. The lowest BCUT2D eigenvalue weighted by atomic mass is 10.0. The lowest BCUT2D eigenvalue weighted by molar-refractivity contribution is -0.122. The molecule has 0 radical (unpaired) electrons. The molecule has 0 unspecified atom stereocenters. The van der Waals surface area contributed by atoms with Gasteiger partial charge in [-0.1, -0.05) is 0 Å². The molecule has 1 aliphatic heterocycles. The molecule has 7 heteroatoms. The number of carbonyl (C=O) groups excluding carboxylic acids is 2. The Morgan fingerprint density at radius 3 is 2.62 bits per heavy atom. The smallest absolute Gasteiger partial charge is 0.289 e. The molecule has 0 saturated carbocycles. The molecule has 2 aromatic heterocycles. The van der Waals surface area contributed by atoms with E-state index in [2.05, 4.69) is 10.4 Å². The maximum absolute atomic E-state index is 12.3. The average molecular weight is 358 g/mol. The molecule has 26 heavy (non-hydrogen) atoms. The predicted molar refractivity (Wildman–Crippen MR) is 96.8 cm³/mol. The topological polar surface area (TPSA) is 80.4 Å². The number of aromatic nitrogens is 2. The molecule has 2 amide bonds. The molecular weight excluding hydrogens is 332 g/mol. The maximum atomic E-state index is 12.3. The minimum atomic E-state index is -0.0812. The SMILES string of the molecule is Cc1nn(C)c(C)c1CCC(=O)NC1CCN(C(=O)c2ccco2)CC1. The van der Waals surface area contributed by atoms with Gasteiger partial charge in [0.15, 0.2) is 5.76 Å². The normalized spacial score (nSPS) is 15.3. The third-order valence-corrected chi connectivity index (χ3v) is 5.14. The minimum Gasteiger partial charge on any atom is -0.459 e. The molecule has 0 bridgehead atoms. The van der Waals surface area contributed by atoms with Gasteiger partial charge in [-0.25, -0.2) is 0 Å². The highest BCUT2D eigenvalue weighted by atomic mass is 16.3. The number of likely N-dealkylation sites (tertiary alicyclic amines) is 1. The van der Waals surface area contributed by atoms with Crippen molar-refractivity contribution >= 4 is 11.8 Å². The van der Waals surface area contributed by atoms with Crippen molar-refractivity contribution in [2.45, 2.75) is 45.6 Å². The van der Waals surface area contributed by atoms with E-state index in [1.54, 1.807) is 17.0 Å². The van der Waals surface area contributed by atoms with Crippen LogP contribution in [0.2, 0.25) is 0 Å². The van der Waals surface area contributed by atoms with E-state index in [0.717, 1.165) is 29.8 Å². The van der Waals surface area contributed by atoms with Crippen LogP contribution in [0.15, 0.2) is 22.8 Å². The van der Waals surface area contributed by atoms with Crippen LogP contribution in [-0.2, 0) is 18.3 Å². The standard InChI is InChI=1S/C19H26N4O3/c1-13-16(14(2)22(3)21-13)6-7-18(24)20-15-8-10-23(11-9-15)19(25)17-5-4-12-26-17/h4-5,12,15H,6-11H2,1-3H3,(H,20,24). The van der Waals surface area contributed by atoms with Gasteiger partial charge in [0.2, 0.25) is 5.91 Å². The molecule has 1 saturated heterocycles. The Hall–Kier alpha value is -2.57. The number of furan rings is 1. The van der Waals surface area contributed by atoms with E-state index >= 15 is 0 Å². The molecule has 2 aromatic rings. The Labute approximate surface area is 153 Å². The van der Waals surface area contributed by atoms with E-state index in [1.807, 2.05) is 25.6 Å². The number of nitrogens with zero attached hydrogens (tertiary/aromatic N) is 3. The van der Waals surface area contributed by atoms with Gasteiger partial charge >= 0.3 is 0 Å². The maximum Gasteiger partial charge on any atom is 0.289 e. The molecule has 3 rings (SSSR count). The molecule has 0 spiro atoms. The fraction of sp³-hybridized carbons (Fsp3) is 0.526. The highest BCUT2D eigenvalue weighted by Gasteiger charge is 2.25. The van der Waals surface area contributed by atoms with Crippen molar-refractivity contribution in [3.05, 3.63) is 41.1 Å². The first kappa shape index (κ1) is 18.2. The van der Waals surface area contributed by atoms with Crippen LogP contribution in [0, 0.1) is 13.8 Å². The summed E-state index contributed by atoms with van der Waals surface area (Å²) in [4.78, 5) is 26.3. The fourth-order valence-electron chi connectivity index (χ4n) is 3.50. The van der Waals surface area contributed by atoms with Crippen molar-refractivity contribution in [3.63, 3.8) is 0 Å². The molecule has 3 heterocycles. The van der Waals surface area contributed by atoms with Crippen LogP contribution in [0.1, 0.15) is 46.8 Å². The summed E-state index contributed by atoms with van der Waals surface area (Å²) in [5.41, 5.74) is 3.25. The van der Waals surface area contributed by atoms with Crippen molar-refractivity contribution in [3.8, 4) is 0 Å². The van der Waals surface area contributed by atoms with Gasteiger partial charge in [0.05, 0.1) is 12.0 Å². The zero-order chi connectivity index (χ0) is 18.7. The molecule has 1 aliphatic rings. The second-order valence-corrected chi connectivity index (χ2v) is 6.88. The first-order chi connectivity index (χ1) is 12.5. The van der Waals surface area contributed by atoms with Gasteiger partial charge in [0.1, 0.15) is 0 Å². The van der Waals surface area contributed by atoms with Crippen molar-refractivity contribution in [1.29, 1.82) is 0 Å². The summed E-state index contributed by atoms with van der Waals surface area (Å²) in [7, 11) is 1.92. The Balaban J connectivity index is 1.44. The van der Waals surface area contributed by atoms with Gasteiger partial charge in [0, 0.05) is 38.3 Å². The summed E-state index contributed by atoms with van der Waals surface area (Å²) in [6.45, 7) is 5.27. The van der Waals surface area contributed by atoms with Gasteiger partial charge in [0.25, 0.3) is 5.91 Å². The van der Waals surface area contributed by atoms with E-state index in [0.29, 0.717) is 31.7 Å². The van der Waals surface area contributed by atoms with Gasteiger partial charge in [-0.3, -0.25) is 14.3 Å². The van der Waals surface area contributed by atoms with Crippen LogP contribution in [0.3, 0.4) is 0 Å². The van der Waals surface area contributed by atoms with Gasteiger partial charge < -0.3 is 14.6 Å². The number of hydrogen-bond donors (Lipinski definition) is 1. The largest absolute Gasteiger partial charge is 0.459 e. The number of nitrogens with one attached hydrogen (secondary N) is 1. The second kappa shape index (κ2) is 7.76. The summed E-state index contributed by atoms with van der Waals surface area (Å²) in [6.07, 6.45) is 4.20. The van der Waals surface area contributed by atoms with Crippen LogP contribution >= 0.6 is 0 Å². The van der Waals surface area contributed by atoms with E-state index < -0.39 is 0 Å². The molecule has 0 atom stereocenters. The fourth-order valence-corrected chi connectivity index (χ4v) is 3.50. The summed E-state index contributed by atoms with van der Waals surface area (Å²) in [6, 6.07) is 3.52. The number of rotatable bonds is 5. The van der Waals surface area contributed by atoms with Crippen LogP contribution in [0.5, 0.6) is 0 Å². The first-order valence-corrected chi connectivity index (χ1v) is 9.07. The Morgan fingerprint density at radius 2 is 2.04 bits per heavy atom. The van der Waals surface area contributed by atoms with E-state index in [4.69, 9.17) is 4.42 Å². The second-order valence-electron chi connectivity index (χ2n) is 6.88. The summed E-state index contributed by atoms with van der Waals surface area (Å²) in [5.74, 6) is 0.348. The van der Waals surface area contributed by atoms with E-state index in [-0.39, 0.29) is 17.9 Å². The number of amides is 2. The van der Waals surface area contributed by atoms with Crippen LogP contribution in [-0.4, -0.2) is 45.6 Å². The van der Waals surface area contributed by atoms with Gasteiger partial charge in [-0.2, -0.15) is 5.10 Å². The zero-order valence-corrected chi connectivity index (χ0v) is 15.6. The van der Waals surface area contributed by atoms with Crippen molar-refractivity contribution in [1.82, 2.24) is 20.0 Å². The summed E-state index contributed by atoms with van der Waals surface area (Å²) >= 11 is 0. The molecule has 1 fully saturated rings. The Bertz CT molecular complexity index is 771. The number of hydrogen-bond acceptors (Lipinski definition) is 4. The van der Waals surface area contributed by atoms with Gasteiger partial charge in [-0.15, -0.1) is 0 Å². The zero-order valence-electron chi connectivity index (χ0n) is 15.6. The number of aryl methyl sites for hydroxylation is 2. The quantitative estimate of drug-likeness (QED) is 0.886. The molecule has 0 aromatic carbocycles. The van der Waals surface area contributed by atoms with Gasteiger partial charge in [-0.05, 0) is 50.8 Å². The molecule has 7 nitrogen and oxygen atoms in total. The van der Waals surface area contributed by atoms with Crippen molar-refractivity contribution < 1.29 is 14.0 Å². The van der Waals surface area contributed by atoms with E-state index in [9.17, 15) is 9.59 Å². The Morgan fingerprint density at radius 1 is 1.31 bits per heavy atom. The van der Waals surface area contributed by atoms with Crippen molar-refractivity contribution in [2.75, 3.05) is 13.1 Å². The van der Waals surface area contributed by atoms with Crippen LogP contribution in [0.25, 0.3) is 0 Å².